The normalized spacial score (nSPS) is 20.9. The van der Waals surface area contributed by atoms with Gasteiger partial charge < -0.3 is 9.47 Å². The van der Waals surface area contributed by atoms with Gasteiger partial charge in [-0.2, -0.15) is 0 Å². The summed E-state index contributed by atoms with van der Waals surface area (Å²) in [5.41, 5.74) is 3.87. The predicted octanol–water partition coefficient (Wildman–Crippen LogP) is 4.94. The number of hydrogen-bond donors (Lipinski definition) is 0. The van der Waals surface area contributed by atoms with E-state index in [1.165, 1.54) is 81.5 Å². The molecule has 0 radical (unpaired) electrons. The minimum Gasteiger partial charge on any atom is -0.334 e. The van der Waals surface area contributed by atoms with E-state index >= 15 is 0 Å². The van der Waals surface area contributed by atoms with Crippen molar-refractivity contribution < 1.29 is 0 Å². The van der Waals surface area contributed by atoms with Crippen LogP contribution in [0.1, 0.15) is 56.8 Å². The lowest BCUT2D eigenvalue weighted by molar-refractivity contribution is 0.225. The van der Waals surface area contributed by atoms with Crippen LogP contribution in [0.5, 0.6) is 0 Å². The number of hydrogen-bond acceptors (Lipinski definition) is 2. The van der Waals surface area contributed by atoms with Gasteiger partial charge in [-0.15, -0.1) is 0 Å². The molecule has 0 amide bonds. The van der Waals surface area contributed by atoms with Crippen LogP contribution in [-0.2, 0) is 19.4 Å². The molecule has 0 aliphatic carbocycles. The molecular weight excluding hydrogens is 318 g/mol. The third-order valence-electron chi connectivity index (χ3n) is 6.14. The molecule has 1 saturated heterocycles. The number of aryl methyl sites for hydroxylation is 2. The van der Waals surface area contributed by atoms with Gasteiger partial charge in [-0.1, -0.05) is 37.6 Å². The van der Waals surface area contributed by atoms with Crippen LogP contribution in [0.15, 0.2) is 30.5 Å². The molecule has 140 valence electrons. The van der Waals surface area contributed by atoms with Crippen LogP contribution >= 0.6 is 0 Å². The van der Waals surface area contributed by atoms with Crippen LogP contribution in [0, 0.1) is 5.92 Å². The monoisotopic (exact) mass is 351 g/mol. The Balaban J connectivity index is 1.28. The van der Waals surface area contributed by atoms with Gasteiger partial charge in [0.05, 0.1) is 5.69 Å². The molecule has 3 heteroatoms. The number of fused-ring (bicyclic) bond motifs is 1. The Morgan fingerprint density at radius 2 is 1.81 bits per heavy atom. The fourth-order valence-electron chi connectivity index (χ4n) is 4.41. The maximum absolute atomic E-state index is 4.89. The van der Waals surface area contributed by atoms with Crippen molar-refractivity contribution in [1.29, 1.82) is 0 Å². The zero-order valence-electron chi connectivity index (χ0n) is 16.3. The highest BCUT2D eigenvalue weighted by Gasteiger charge is 2.17. The molecular formula is C23H33N3. The Hall–Kier alpha value is -1.61. The Kier molecular flexibility index (Phi) is 5.74. The number of benzene rings is 1. The van der Waals surface area contributed by atoms with Gasteiger partial charge >= 0.3 is 0 Å². The Morgan fingerprint density at radius 3 is 2.62 bits per heavy atom. The molecule has 2 aliphatic heterocycles. The predicted molar refractivity (Wildman–Crippen MR) is 108 cm³/mol. The van der Waals surface area contributed by atoms with Crippen molar-refractivity contribution in [2.24, 2.45) is 5.92 Å². The van der Waals surface area contributed by atoms with Gasteiger partial charge in [-0.3, -0.25) is 0 Å². The number of nitrogens with zero attached hydrogens (tertiary/aromatic N) is 3. The first-order chi connectivity index (χ1) is 12.8. The fourth-order valence-corrected chi connectivity index (χ4v) is 4.41. The summed E-state index contributed by atoms with van der Waals surface area (Å²) in [5.74, 6) is 2.03. The van der Waals surface area contributed by atoms with Gasteiger partial charge in [0.2, 0.25) is 0 Å². The molecule has 1 aromatic heterocycles. The summed E-state index contributed by atoms with van der Waals surface area (Å²) in [6.07, 6.45) is 12.7. The average molecular weight is 352 g/mol. The van der Waals surface area contributed by atoms with E-state index in [1.807, 2.05) is 0 Å². The van der Waals surface area contributed by atoms with Crippen LogP contribution < -0.4 is 0 Å². The average Bonchev–Trinajstić information content (AvgIpc) is 3.10. The lowest BCUT2D eigenvalue weighted by Crippen LogP contribution is -2.30. The van der Waals surface area contributed by atoms with E-state index in [9.17, 15) is 0 Å². The standard InChI is InChI=1S/C23H33N3/c1-19-12-16-26-18-22(24-23(26)17-19)21-10-8-20(9-11-21)7-3-6-15-25-13-4-2-5-14-25/h8-11,18-19H,2-7,12-17H2,1H3. The highest BCUT2D eigenvalue weighted by atomic mass is 15.1. The van der Waals surface area contributed by atoms with Crippen LogP contribution in [0.2, 0.25) is 0 Å². The minimum absolute atomic E-state index is 0.769. The van der Waals surface area contributed by atoms with Crippen LogP contribution in [0.3, 0.4) is 0 Å². The highest BCUT2D eigenvalue weighted by Crippen LogP contribution is 2.25. The first kappa shape index (κ1) is 17.8. The summed E-state index contributed by atoms with van der Waals surface area (Å²) in [5, 5.41) is 0. The van der Waals surface area contributed by atoms with E-state index in [0.717, 1.165) is 24.6 Å². The molecule has 1 unspecified atom stereocenters. The zero-order valence-corrected chi connectivity index (χ0v) is 16.3. The number of piperidine rings is 1. The molecule has 1 fully saturated rings. The van der Waals surface area contributed by atoms with Gasteiger partial charge in [0.1, 0.15) is 5.82 Å². The lowest BCUT2D eigenvalue weighted by atomic mass is 10.0. The molecule has 4 rings (SSSR count). The summed E-state index contributed by atoms with van der Waals surface area (Å²) in [4.78, 5) is 7.53. The number of imidazole rings is 1. The highest BCUT2D eigenvalue weighted by molar-refractivity contribution is 5.59. The maximum atomic E-state index is 4.89. The minimum atomic E-state index is 0.769. The summed E-state index contributed by atoms with van der Waals surface area (Å²) in [6.45, 7) is 7.39. The summed E-state index contributed by atoms with van der Waals surface area (Å²) >= 11 is 0. The number of unbranched alkanes of at least 4 members (excludes halogenated alkanes) is 1. The van der Waals surface area contributed by atoms with Crippen molar-refractivity contribution in [1.82, 2.24) is 14.5 Å². The summed E-state index contributed by atoms with van der Waals surface area (Å²) in [6, 6.07) is 9.13. The van der Waals surface area contributed by atoms with Gasteiger partial charge in [0.25, 0.3) is 0 Å². The second-order valence-electron chi connectivity index (χ2n) is 8.39. The Morgan fingerprint density at radius 1 is 1.00 bits per heavy atom. The third kappa shape index (κ3) is 4.37. The largest absolute Gasteiger partial charge is 0.334 e. The zero-order chi connectivity index (χ0) is 17.8. The van der Waals surface area contributed by atoms with E-state index < -0.39 is 0 Å². The molecule has 2 aliphatic rings. The van der Waals surface area contributed by atoms with Crippen LogP contribution in [-0.4, -0.2) is 34.1 Å². The Bertz CT molecular complexity index is 695. The van der Waals surface area contributed by atoms with E-state index in [4.69, 9.17) is 4.98 Å². The van der Waals surface area contributed by atoms with Gasteiger partial charge in [0, 0.05) is 24.7 Å². The lowest BCUT2D eigenvalue weighted by Gasteiger charge is -2.26. The number of likely N-dealkylation sites (tertiary alicyclic amines) is 1. The van der Waals surface area contributed by atoms with Gasteiger partial charge in [0.15, 0.2) is 0 Å². The van der Waals surface area contributed by atoms with Crippen molar-refractivity contribution in [3.8, 4) is 11.3 Å². The summed E-state index contributed by atoms with van der Waals surface area (Å²) < 4.78 is 2.35. The third-order valence-corrected chi connectivity index (χ3v) is 6.14. The second-order valence-corrected chi connectivity index (χ2v) is 8.39. The Labute approximate surface area is 158 Å². The molecule has 1 atom stereocenters. The van der Waals surface area contributed by atoms with Crippen molar-refractivity contribution in [3.63, 3.8) is 0 Å². The summed E-state index contributed by atoms with van der Waals surface area (Å²) in [7, 11) is 0. The number of rotatable bonds is 6. The molecule has 26 heavy (non-hydrogen) atoms. The SMILES string of the molecule is CC1CCn2cc(-c3ccc(CCCCN4CCCCC4)cc3)nc2C1. The number of aromatic nitrogens is 2. The molecule has 3 heterocycles. The van der Waals surface area contributed by atoms with Crippen molar-refractivity contribution in [3.05, 3.63) is 41.9 Å². The van der Waals surface area contributed by atoms with Crippen molar-refractivity contribution in [2.75, 3.05) is 19.6 Å². The van der Waals surface area contributed by atoms with Crippen molar-refractivity contribution in [2.45, 2.75) is 64.8 Å². The maximum Gasteiger partial charge on any atom is 0.109 e. The molecule has 0 spiro atoms. The van der Waals surface area contributed by atoms with Crippen LogP contribution in [0.25, 0.3) is 11.3 Å². The van der Waals surface area contributed by atoms with Gasteiger partial charge in [-0.05, 0) is 69.6 Å². The van der Waals surface area contributed by atoms with E-state index in [1.54, 1.807) is 0 Å². The first-order valence-electron chi connectivity index (χ1n) is 10.7. The first-order valence-corrected chi connectivity index (χ1v) is 10.7. The molecule has 0 N–H and O–H groups in total. The van der Waals surface area contributed by atoms with E-state index in [0.29, 0.717) is 0 Å². The molecule has 1 aromatic carbocycles. The van der Waals surface area contributed by atoms with Gasteiger partial charge in [-0.25, -0.2) is 4.98 Å². The topological polar surface area (TPSA) is 21.1 Å². The fraction of sp³-hybridized carbons (Fsp3) is 0.609. The van der Waals surface area contributed by atoms with Crippen LogP contribution in [0.4, 0.5) is 0 Å². The quantitative estimate of drug-likeness (QED) is 0.687. The molecule has 3 nitrogen and oxygen atoms in total. The van der Waals surface area contributed by atoms with E-state index in [2.05, 4.69) is 46.9 Å². The smallest absolute Gasteiger partial charge is 0.109 e. The molecule has 2 aromatic rings. The second kappa shape index (κ2) is 8.39. The molecule has 0 saturated carbocycles. The van der Waals surface area contributed by atoms with Crippen molar-refractivity contribution >= 4 is 0 Å². The molecule has 0 bridgehead atoms. The van der Waals surface area contributed by atoms with E-state index in [-0.39, 0.29) is 0 Å².